The maximum Gasteiger partial charge on any atom is 0.262 e. The summed E-state index contributed by atoms with van der Waals surface area (Å²) in [5.41, 5.74) is 1.42. The first kappa shape index (κ1) is 21.2. The average Bonchev–Trinajstić information content (AvgIpc) is 2.55. The van der Waals surface area contributed by atoms with Gasteiger partial charge in [0.05, 0.1) is 22.6 Å². The molecule has 0 fully saturated rings. The zero-order valence-electron chi connectivity index (χ0n) is 15.9. The van der Waals surface area contributed by atoms with Crippen LogP contribution in [0.4, 0.5) is 5.69 Å². The van der Waals surface area contributed by atoms with Crippen LogP contribution >= 0.6 is 0 Å². The van der Waals surface area contributed by atoms with E-state index in [0.29, 0.717) is 5.56 Å². The molecule has 0 aliphatic rings. The van der Waals surface area contributed by atoms with Crippen LogP contribution in [-0.2, 0) is 20.0 Å². The molecular formula is C18H24N2O5S2. The quantitative estimate of drug-likeness (QED) is 0.728. The third-order valence-electron chi connectivity index (χ3n) is 3.75. The Morgan fingerprint density at radius 3 is 2.19 bits per heavy atom. The van der Waals surface area contributed by atoms with E-state index in [1.807, 2.05) is 6.07 Å². The maximum atomic E-state index is 12.8. The van der Waals surface area contributed by atoms with E-state index in [2.05, 4.69) is 9.44 Å². The topological polar surface area (TPSA) is 102 Å². The van der Waals surface area contributed by atoms with Crippen molar-refractivity contribution >= 4 is 25.7 Å². The molecule has 2 rings (SSSR count). The first-order chi connectivity index (χ1) is 12.5. The summed E-state index contributed by atoms with van der Waals surface area (Å²) in [5.74, 6) is 0.215. The van der Waals surface area contributed by atoms with Crippen molar-refractivity contribution in [3.63, 3.8) is 0 Å². The van der Waals surface area contributed by atoms with Crippen LogP contribution < -0.4 is 14.2 Å². The first-order valence-electron chi connectivity index (χ1n) is 8.26. The molecule has 0 saturated heterocycles. The van der Waals surface area contributed by atoms with E-state index in [-0.39, 0.29) is 27.3 Å². The van der Waals surface area contributed by atoms with Gasteiger partial charge in [0.2, 0.25) is 10.0 Å². The van der Waals surface area contributed by atoms with Gasteiger partial charge in [0, 0.05) is 6.04 Å². The predicted molar refractivity (Wildman–Crippen MR) is 105 cm³/mol. The average molecular weight is 413 g/mol. The van der Waals surface area contributed by atoms with E-state index >= 15 is 0 Å². The van der Waals surface area contributed by atoms with Crippen molar-refractivity contribution in [1.29, 1.82) is 0 Å². The summed E-state index contributed by atoms with van der Waals surface area (Å²) in [6.45, 7) is 6.89. The van der Waals surface area contributed by atoms with Crippen LogP contribution in [0.15, 0.2) is 46.2 Å². The number of rotatable bonds is 7. The molecule has 0 spiro atoms. The van der Waals surface area contributed by atoms with E-state index in [9.17, 15) is 16.8 Å². The minimum atomic E-state index is -3.93. The number of hydrogen-bond donors (Lipinski definition) is 2. The Bertz CT molecular complexity index is 1050. The molecule has 0 aromatic heterocycles. The number of methoxy groups -OCH3 is 1. The first-order valence-corrected chi connectivity index (χ1v) is 11.2. The van der Waals surface area contributed by atoms with Gasteiger partial charge in [-0.15, -0.1) is 0 Å². The van der Waals surface area contributed by atoms with Gasteiger partial charge in [-0.2, -0.15) is 0 Å². The van der Waals surface area contributed by atoms with Gasteiger partial charge in [-0.3, -0.25) is 4.72 Å². The van der Waals surface area contributed by atoms with Gasteiger partial charge in [0.25, 0.3) is 10.0 Å². The summed E-state index contributed by atoms with van der Waals surface area (Å²) in [4.78, 5) is 0.0637. The fourth-order valence-corrected chi connectivity index (χ4v) is 5.18. The highest BCUT2D eigenvalue weighted by atomic mass is 32.2. The van der Waals surface area contributed by atoms with Gasteiger partial charge in [0.1, 0.15) is 5.75 Å². The predicted octanol–water partition coefficient (Wildman–Crippen LogP) is 2.80. The SMILES string of the molecule is COc1ccc(S(=O)(=O)NC(C)C)cc1NS(=O)(=O)c1cc(C)ccc1C. The van der Waals surface area contributed by atoms with Crippen LogP contribution in [0, 0.1) is 13.8 Å². The molecule has 7 nitrogen and oxygen atoms in total. The van der Waals surface area contributed by atoms with Crippen LogP contribution in [0.25, 0.3) is 0 Å². The summed E-state index contributed by atoms with van der Waals surface area (Å²) < 4.78 is 60.6. The summed E-state index contributed by atoms with van der Waals surface area (Å²) in [5, 5.41) is 0. The molecule has 2 N–H and O–H groups in total. The minimum absolute atomic E-state index is 0.0463. The summed E-state index contributed by atoms with van der Waals surface area (Å²) in [6.07, 6.45) is 0. The van der Waals surface area contributed by atoms with E-state index in [0.717, 1.165) is 5.56 Å². The molecule has 0 aliphatic heterocycles. The molecule has 0 heterocycles. The van der Waals surface area contributed by atoms with Crippen LogP contribution in [0.3, 0.4) is 0 Å². The molecule has 148 valence electrons. The Hall–Kier alpha value is -2.10. The van der Waals surface area contributed by atoms with Crippen LogP contribution in [-0.4, -0.2) is 30.0 Å². The number of nitrogens with one attached hydrogen (secondary N) is 2. The third kappa shape index (κ3) is 5.00. The summed E-state index contributed by atoms with van der Waals surface area (Å²) >= 11 is 0. The Morgan fingerprint density at radius 2 is 1.59 bits per heavy atom. The molecule has 0 aliphatic carbocycles. The van der Waals surface area contributed by atoms with Gasteiger partial charge in [-0.25, -0.2) is 21.6 Å². The third-order valence-corrected chi connectivity index (χ3v) is 6.91. The lowest BCUT2D eigenvalue weighted by molar-refractivity contribution is 0.416. The van der Waals surface area contributed by atoms with E-state index in [1.165, 1.54) is 25.3 Å². The molecule has 0 unspecified atom stereocenters. The number of hydrogen-bond acceptors (Lipinski definition) is 5. The lowest BCUT2D eigenvalue weighted by Crippen LogP contribution is -2.30. The smallest absolute Gasteiger partial charge is 0.262 e. The van der Waals surface area contributed by atoms with Crippen molar-refractivity contribution in [2.24, 2.45) is 0 Å². The standard InChI is InChI=1S/C18H24N2O5S2/c1-12(2)19-26(21,22)15-8-9-17(25-5)16(11-15)20-27(23,24)18-10-13(3)6-7-14(18)4/h6-12,19-20H,1-5H3. The molecule has 0 bridgehead atoms. The molecule has 0 saturated carbocycles. The van der Waals surface area contributed by atoms with Gasteiger partial charge in [0.15, 0.2) is 0 Å². The molecule has 9 heteroatoms. The van der Waals surface area contributed by atoms with Crippen LogP contribution in [0.1, 0.15) is 25.0 Å². The number of sulfonamides is 2. The lowest BCUT2D eigenvalue weighted by atomic mass is 10.2. The lowest BCUT2D eigenvalue weighted by Gasteiger charge is -2.16. The second-order valence-corrected chi connectivity index (χ2v) is 9.88. The van der Waals surface area contributed by atoms with Crippen molar-refractivity contribution in [1.82, 2.24) is 4.72 Å². The monoisotopic (exact) mass is 412 g/mol. The molecule has 2 aromatic carbocycles. The fraction of sp³-hybridized carbons (Fsp3) is 0.333. The molecule has 27 heavy (non-hydrogen) atoms. The van der Waals surface area contributed by atoms with E-state index in [4.69, 9.17) is 4.74 Å². The zero-order valence-corrected chi connectivity index (χ0v) is 17.5. The maximum absolute atomic E-state index is 12.8. The summed E-state index contributed by atoms with van der Waals surface area (Å²) in [6, 6.07) is 8.81. The molecule has 0 radical (unpaired) electrons. The van der Waals surface area contributed by atoms with Crippen LogP contribution in [0.2, 0.25) is 0 Å². The Morgan fingerprint density at radius 1 is 0.926 bits per heavy atom. The number of aryl methyl sites for hydroxylation is 2. The number of anilines is 1. The normalized spacial score (nSPS) is 12.2. The zero-order chi connectivity index (χ0) is 20.4. The van der Waals surface area contributed by atoms with Crippen molar-refractivity contribution in [3.05, 3.63) is 47.5 Å². The number of ether oxygens (including phenoxy) is 1. The molecular weight excluding hydrogens is 388 g/mol. The van der Waals surface area contributed by atoms with E-state index < -0.39 is 20.0 Å². The molecule has 0 atom stereocenters. The molecule has 2 aromatic rings. The van der Waals surface area contributed by atoms with Crippen molar-refractivity contribution in [2.75, 3.05) is 11.8 Å². The van der Waals surface area contributed by atoms with Gasteiger partial charge in [-0.1, -0.05) is 12.1 Å². The van der Waals surface area contributed by atoms with Crippen LogP contribution in [0.5, 0.6) is 5.75 Å². The Balaban J connectivity index is 2.51. The van der Waals surface area contributed by atoms with Gasteiger partial charge < -0.3 is 4.74 Å². The van der Waals surface area contributed by atoms with Gasteiger partial charge >= 0.3 is 0 Å². The summed E-state index contributed by atoms with van der Waals surface area (Å²) in [7, 11) is -6.33. The largest absolute Gasteiger partial charge is 0.495 e. The van der Waals surface area contributed by atoms with Crippen molar-refractivity contribution in [3.8, 4) is 5.75 Å². The highest BCUT2D eigenvalue weighted by Gasteiger charge is 2.22. The van der Waals surface area contributed by atoms with Gasteiger partial charge in [-0.05, 0) is 63.1 Å². The minimum Gasteiger partial charge on any atom is -0.495 e. The highest BCUT2D eigenvalue weighted by molar-refractivity contribution is 7.92. The molecule has 0 amide bonds. The Labute approximate surface area is 160 Å². The highest BCUT2D eigenvalue weighted by Crippen LogP contribution is 2.30. The van der Waals surface area contributed by atoms with E-state index in [1.54, 1.807) is 39.8 Å². The van der Waals surface area contributed by atoms with Crippen molar-refractivity contribution < 1.29 is 21.6 Å². The second-order valence-electron chi connectivity index (χ2n) is 6.51. The Kier molecular flexibility index (Phi) is 6.18. The van der Waals surface area contributed by atoms with Crippen molar-refractivity contribution in [2.45, 2.75) is 43.5 Å². The second kappa shape index (κ2) is 7.87. The fourth-order valence-electron chi connectivity index (χ4n) is 2.51. The number of benzene rings is 2.